The zero-order chi connectivity index (χ0) is 23.0. The van der Waals surface area contributed by atoms with Gasteiger partial charge in [-0.15, -0.1) is 0 Å². The smallest absolute Gasteiger partial charge is 0.292 e. The van der Waals surface area contributed by atoms with Gasteiger partial charge in [-0.05, 0) is 64.2 Å². The number of aromatic nitrogens is 1. The number of nitrogens with one attached hydrogen (secondary N) is 1. The standard InChI is InChI=1S/C26H36N4O3/c31-24(29-17-8-3-9-18-29)20-30-19-22(21-11-4-5-12-23(21)30)25(32)26(33)27-13-10-16-28-14-6-1-2-7-15-28/h4-5,11-12,19H,1-3,6-10,13-18,20H2,(H,27,33). The van der Waals surface area contributed by atoms with Crippen LogP contribution in [0.3, 0.4) is 0 Å². The molecule has 0 unspecified atom stereocenters. The number of carbonyl (C=O) groups excluding carboxylic acids is 3. The highest BCUT2D eigenvalue weighted by Gasteiger charge is 2.23. The first kappa shape index (κ1) is 23.5. The number of amides is 2. The van der Waals surface area contributed by atoms with Crippen LogP contribution in [-0.4, -0.2) is 71.2 Å². The minimum atomic E-state index is -0.573. The molecule has 0 spiro atoms. The molecule has 0 atom stereocenters. The molecule has 0 aliphatic carbocycles. The zero-order valence-corrected chi connectivity index (χ0v) is 19.6. The van der Waals surface area contributed by atoms with E-state index >= 15 is 0 Å². The van der Waals surface area contributed by atoms with Gasteiger partial charge in [0.05, 0.1) is 5.56 Å². The van der Waals surface area contributed by atoms with Crippen LogP contribution in [0.2, 0.25) is 0 Å². The van der Waals surface area contributed by atoms with Gasteiger partial charge in [0.1, 0.15) is 6.54 Å². The van der Waals surface area contributed by atoms with Crippen molar-refractivity contribution < 1.29 is 14.4 Å². The molecular weight excluding hydrogens is 416 g/mol. The van der Waals surface area contributed by atoms with Crippen molar-refractivity contribution in [1.29, 1.82) is 0 Å². The van der Waals surface area contributed by atoms with E-state index in [1.54, 1.807) is 6.20 Å². The summed E-state index contributed by atoms with van der Waals surface area (Å²) < 4.78 is 1.81. The first-order valence-corrected chi connectivity index (χ1v) is 12.5. The van der Waals surface area contributed by atoms with Crippen LogP contribution in [0.5, 0.6) is 0 Å². The zero-order valence-electron chi connectivity index (χ0n) is 19.6. The molecule has 2 aromatic rings. The molecule has 1 aromatic heterocycles. The first-order valence-electron chi connectivity index (χ1n) is 12.5. The Labute approximate surface area is 196 Å². The lowest BCUT2D eigenvalue weighted by Crippen LogP contribution is -2.37. The van der Waals surface area contributed by atoms with E-state index in [0.717, 1.165) is 57.5 Å². The Morgan fingerprint density at radius 2 is 1.52 bits per heavy atom. The highest BCUT2D eigenvalue weighted by molar-refractivity contribution is 6.45. The van der Waals surface area contributed by atoms with Crippen LogP contribution in [0, 0.1) is 0 Å². The fourth-order valence-electron chi connectivity index (χ4n) is 5.01. The summed E-state index contributed by atoms with van der Waals surface area (Å²) in [5.74, 6) is -1.05. The number of hydrogen-bond acceptors (Lipinski definition) is 4. The van der Waals surface area contributed by atoms with E-state index in [9.17, 15) is 14.4 Å². The molecule has 2 saturated heterocycles. The van der Waals surface area contributed by atoms with Gasteiger partial charge in [0.2, 0.25) is 5.91 Å². The van der Waals surface area contributed by atoms with Crippen molar-refractivity contribution in [1.82, 2.24) is 19.7 Å². The molecule has 3 heterocycles. The van der Waals surface area contributed by atoms with Gasteiger partial charge in [-0.2, -0.15) is 0 Å². The monoisotopic (exact) mass is 452 g/mol. The van der Waals surface area contributed by atoms with Crippen molar-refractivity contribution >= 4 is 28.5 Å². The number of para-hydroxylation sites is 1. The van der Waals surface area contributed by atoms with Crippen LogP contribution in [0.1, 0.15) is 61.7 Å². The molecule has 0 radical (unpaired) electrons. The van der Waals surface area contributed by atoms with E-state index in [4.69, 9.17) is 0 Å². The molecule has 2 aliphatic rings. The molecule has 7 heteroatoms. The summed E-state index contributed by atoms with van der Waals surface area (Å²) in [7, 11) is 0. The van der Waals surface area contributed by atoms with Crippen molar-refractivity contribution in [2.24, 2.45) is 0 Å². The Morgan fingerprint density at radius 3 is 2.27 bits per heavy atom. The van der Waals surface area contributed by atoms with Gasteiger partial charge in [-0.1, -0.05) is 31.0 Å². The van der Waals surface area contributed by atoms with Crippen molar-refractivity contribution in [3.8, 4) is 0 Å². The summed E-state index contributed by atoms with van der Waals surface area (Å²) >= 11 is 0. The lowest BCUT2D eigenvalue weighted by atomic mass is 10.1. The van der Waals surface area contributed by atoms with Crippen LogP contribution in [0.4, 0.5) is 0 Å². The summed E-state index contributed by atoms with van der Waals surface area (Å²) in [4.78, 5) is 42.7. The predicted molar refractivity (Wildman–Crippen MR) is 129 cm³/mol. The van der Waals surface area contributed by atoms with Crippen molar-refractivity contribution in [2.45, 2.75) is 57.9 Å². The third-order valence-corrected chi connectivity index (χ3v) is 6.89. The molecule has 1 aromatic carbocycles. The van der Waals surface area contributed by atoms with Crippen LogP contribution in [-0.2, 0) is 16.1 Å². The fourth-order valence-corrected chi connectivity index (χ4v) is 5.01. The number of benzene rings is 1. The lowest BCUT2D eigenvalue weighted by Gasteiger charge is -2.27. The highest BCUT2D eigenvalue weighted by Crippen LogP contribution is 2.22. The maximum absolute atomic E-state index is 13.0. The van der Waals surface area contributed by atoms with Crippen molar-refractivity contribution in [3.05, 3.63) is 36.0 Å². The maximum Gasteiger partial charge on any atom is 0.292 e. The van der Waals surface area contributed by atoms with E-state index < -0.39 is 11.7 Å². The van der Waals surface area contributed by atoms with Gasteiger partial charge in [0.15, 0.2) is 0 Å². The SMILES string of the molecule is O=C(NCCCN1CCCCCC1)C(=O)c1cn(CC(=O)N2CCCCC2)c2ccccc12. The molecule has 0 bridgehead atoms. The van der Waals surface area contributed by atoms with Crippen molar-refractivity contribution in [3.63, 3.8) is 0 Å². The normalized spacial score (nSPS) is 17.6. The molecule has 2 amide bonds. The summed E-state index contributed by atoms with van der Waals surface area (Å²) in [5.41, 5.74) is 1.17. The number of ketones is 1. The number of likely N-dealkylation sites (tertiary alicyclic amines) is 2. The molecule has 2 aliphatic heterocycles. The third kappa shape index (κ3) is 6.02. The second-order valence-corrected chi connectivity index (χ2v) is 9.32. The maximum atomic E-state index is 13.0. The van der Waals surface area contributed by atoms with E-state index in [1.807, 2.05) is 33.7 Å². The summed E-state index contributed by atoms with van der Waals surface area (Å²) in [6.07, 6.45) is 10.9. The Kier molecular flexibility index (Phi) is 8.15. The summed E-state index contributed by atoms with van der Waals surface area (Å²) in [6, 6.07) is 7.49. The lowest BCUT2D eigenvalue weighted by molar-refractivity contribution is -0.132. The number of carbonyl (C=O) groups is 3. The number of Topliss-reactive ketones (excluding diaryl/α,β-unsaturated/α-hetero) is 1. The molecule has 33 heavy (non-hydrogen) atoms. The molecule has 4 rings (SSSR count). The quantitative estimate of drug-likeness (QED) is 0.379. The van der Waals surface area contributed by atoms with Crippen LogP contribution >= 0.6 is 0 Å². The molecule has 178 valence electrons. The molecule has 0 saturated carbocycles. The average molecular weight is 453 g/mol. The van der Waals surface area contributed by atoms with E-state index in [1.165, 1.54) is 32.1 Å². The number of rotatable bonds is 8. The van der Waals surface area contributed by atoms with Gasteiger partial charge in [-0.3, -0.25) is 14.4 Å². The van der Waals surface area contributed by atoms with Gasteiger partial charge in [0.25, 0.3) is 11.7 Å². The first-order chi connectivity index (χ1) is 16.1. The Hall–Kier alpha value is -2.67. The number of piperidine rings is 1. The minimum Gasteiger partial charge on any atom is -0.349 e. The number of hydrogen-bond donors (Lipinski definition) is 1. The largest absolute Gasteiger partial charge is 0.349 e. The number of fused-ring (bicyclic) bond motifs is 1. The van der Waals surface area contributed by atoms with E-state index in [-0.39, 0.29) is 12.5 Å². The van der Waals surface area contributed by atoms with Gasteiger partial charge in [0, 0.05) is 36.7 Å². The average Bonchev–Trinajstić information content (AvgIpc) is 3.01. The summed E-state index contributed by atoms with van der Waals surface area (Å²) in [6.45, 7) is 5.48. The second-order valence-electron chi connectivity index (χ2n) is 9.32. The van der Waals surface area contributed by atoms with Crippen LogP contribution < -0.4 is 5.32 Å². The Morgan fingerprint density at radius 1 is 0.848 bits per heavy atom. The third-order valence-electron chi connectivity index (χ3n) is 6.89. The minimum absolute atomic E-state index is 0.0624. The van der Waals surface area contributed by atoms with Gasteiger partial charge < -0.3 is 19.7 Å². The van der Waals surface area contributed by atoms with Crippen LogP contribution in [0.25, 0.3) is 10.9 Å². The molecular formula is C26H36N4O3. The number of nitrogens with zero attached hydrogens (tertiary/aromatic N) is 3. The van der Waals surface area contributed by atoms with Crippen LogP contribution in [0.15, 0.2) is 30.5 Å². The topological polar surface area (TPSA) is 74.6 Å². The van der Waals surface area contributed by atoms with E-state index in [0.29, 0.717) is 17.5 Å². The highest BCUT2D eigenvalue weighted by atomic mass is 16.2. The van der Waals surface area contributed by atoms with Crippen molar-refractivity contribution in [2.75, 3.05) is 39.3 Å². The second kappa shape index (κ2) is 11.5. The molecule has 7 nitrogen and oxygen atoms in total. The fraction of sp³-hybridized carbons (Fsp3) is 0.577. The van der Waals surface area contributed by atoms with Gasteiger partial charge >= 0.3 is 0 Å². The Bertz CT molecular complexity index is 969. The molecule has 2 fully saturated rings. The predicted octanol–water partition coefficient (Wildman–Crippen LogP) is 3.22. The summed E-state index contributed by atoms with van der Waals surface area (Å²) in [5, 5.41) is 3.52. The Balaban J connectivity index is 1.37. The van der Waals surface area contributed by atoms with E-state index in [2.05, 4.69) is 10.2 Å². The van der Waals surface area contributed by atoms with Gasteiger partial charge in [-0.25, -0.2) is 0 Å². The molecule has 1 N–H and O–H groups in total.